The average molecular weight is 366 g/mol. The minimum atomic E-state index is -0.768. The smallest absolute Gasteiger partial charge is 0.253 e. The van der Waals surface area contributed by atoms with E-state index in [1.165, 1.54) is 5.56 Å². The number of hydrogen-bond donors (Lipinski definition) is 2. The van der Waals surface area contributed by atoms with Crippen LogP contribution >= 0.6 is 0 Å². The van der Waals surface area contributed by atoms with Crippen LogP contribution in [0.3, 0.4) is 0 Å². The standard InChI is InChI=1S/C22H26N2O3/c1-15-8-9-17(12-16(15)2)13-21(26)23-19-10-11-24(14-20(19)25)22(27)18-6-4-3-5-7-18/h3-9,12,19-20,25H,10-11,13-14H2,1-2H3,(H,23,26)/t19-,20-/m1/s1. The highest BCUT2D eigenvalue weighted by Crippen LogP contribution is 2.16. The van der Waals surface area contributed by atoms with E-state index in [-0.39, 0.29) is 30.8 Å². The predicted octanol–water partition coefficient (Wildman–Crippen LogP) is 2.24. The van der Waals surface area contributed by atoms with Gasteiger partial charge in [0.2, 0.25) is 5.91 Å². The molecule has 0 saturated carbocycles. The molecule has 1 saturated heterocycles. The van der Waals surface area contributed by atoms with Gasteiger partial charge in [0.05, 0.1) is 18.6 Å². The Morgan fingerprint density at radius 3 is 2.52 bits per heavy atom. The predicted molar refractivity (Wildman–Crippen MR) is 105 cm³/mol. The lowest BCUT2D eigenvalue weighted by Crippen LogP contribution is -2.55. The summed E-state index contributed by atoms with van der Waals surface area (Å²) in [5.41, 5.74) is 3.93. The second-order valence-corrected chi connectivity index (χ2v) is 7.24. The van der Waals surface area contributed by atoms with Gasteiger partial charge in [-0.3, -0.25) is 9.59 Å². The Labute approximate surface area is 160 Å². The summed E-state index contributed by atoms with van der Waals surface area (Å²) in [6.45, 7) is 4.81. The van der Waals surface area contributed by atoms with Gasteiger partial charge in [0.25, 0.3) is 5.91 Å². The quantitative estimate of drug-likeness (QED) is 0.872. The number of aliphatic hydroxyl groups excluding tert-OH is 1. The van der Waals surface area contributed by atoms with Crippen molar-refractivity contribution >= 4 is 11.8 Å². The molecule has 2 N–H and O–H groups in total. The molecule has 1 aliphatic heterocycles. The fourth-order valence-corrected chi connectivity index (χ4v) is 3.40. The van der Waals surface area contributed by atoms with Crippen LogP contribution in [-0.2, 0) is 11.2 Å². The second kappa shape index (κ2) is 8.35. The van der Waals surface area contributed by atoms with Crippen molar-refractivity contribution in [3.63, 3.8) is 0 Å². The number of carbonyl (C=O) groups is 2. The fraction of sp³-hybridized carbons (Fsp3) is 0.364. The van der Waals surface area contributed by atoms with Crippen molar-refractivity contribution < 1.29 is 14.7 Å². The molecule has 0 aromatic heterocycles. The van der Waals surface area contributed by atoms with Crippen LogP contribution < -0.4 is 5.32 Å². The zero-order chi connectivity index (χ0) is 19.4. The van der Waals surface area contributed by atoms with E-state index in [0.29, 0.717) is 18.5 Å². The summed E-state index contributed by atoms with van der Waals surface area (Å²) >= 11 is 0. The SMILES string of the molecule is Cc1ccc(CC(=O)N[C@@H]2CCN(C(=O)c3ccccc3)C[C@H]2O)cc1C. The molecule has 0 bridgehead atoms. The summed E-state index contributed by atoms with van der Waals surface area (Å²) in [5, 5.41) is 13.3. The number of aryl methyl sites for hydroxylation is 2. The van der Waals surface area contributed by atoms with Gasteiger partial charge < -0.3 is 15.3 Å². The molecule has 2 aromatic carbocycles. The summed E-state index contributed by atoms with van der Waals surface area (Å²) in [6, 6.07) is 14.7. The van der Waals surface area contributed by atoms with Crippen LogP contribution in [0.25, 0.3) is 0 Å². The summed E-state index contributed by atoms with van der Waals surface area (Å²) in [4.78, 5) is 26.5. The lowest BCUT2D eigenvalue weighted by molar-refractivity contribution is -0.122. The van der Waals surface area contributed by atoms with E-state index in [9.17, 15) is 14.7 Å². The maximum atomic E-state index is 12.5. The van der Waals surface area contributed by atoms with Crippen molar-refractivity contribution in [3.8, 4) is 0 Å². The molecule has 0 radical (unpaired) electrons. The first-order valence-corrected chi connectivity index (χ1v) is 9.32. The van der Waals surface area contributed by atoms with E-state index >= 15 is 0 Å². The summed E-state index contributed by atoms with van der Waals surface area (Å²) < 4.78 is 0. The normalized spacial score (nSPS) is 19.6. The number of carbonyl (C=O) groups excluding carboxylic acids is 2. The third-order valence-electron chi connectivity index (χ3n) is 5.17. The maximum Gasteiger partial charge on any atom is 0.253 e. The van der Waals surface area contributed by atoms with Gasteiger partial charge in [-0.15, -0.1) is 0 Å². The first-order chi connectivity index (χ1) is 12.9. The van der Waals surface area contributed by atoms with Gasteiger partial charge in [-0.25, -0.2) is 0 Å². The molecular weight excluding hydrogens is 340 g/mol. The Morgan fingerprint density at radius 2 is 1.85 bits per heavy atom. The van der Waals surface area contributed by atoms with Crippen LogP contribution in [0.5, 0.6) is 0 Å². The molecule has 2 atom stereocenters. The minimum Gasteiger partial charge on any atom is -0.389 e. The number of piperidine rings is 1. The number of likely N-dealkylation sites (tertiary alicyclic amines) is 1. The van der Waals surface area contributed by atoms with Crippen molar-refractivity contribution in [2.24, 2.45) is 0 Å². The summed E-state index contributed by atoms with van der Waals surface area (Å²) in [5.74, 6) is -0.195. The van der Waals surface area contributed by atoms with Crippen LogP contribution in [0, 0.1) is 13.8 Å². The number of nitrogens with one attached hydrogen (secondary N) is 1. The van der Waals surface area contributed by atoms with Crippen LogP contribution in [0.4, 0.5) is 0 Å². The first-order valence-electron chi connectivity index (χ1n) is 9.32. The van der Waals surface area contributed by atoms with E-state index in [1.807, 2.05) is 50.2 Å². The van der Waals surface area contributed by atoms with E-state index < -0.39 is 6.10 Å². The number of nitrogens with zero attached hydrogens (tertiary/aromatic N) is 1. The molecule has 5 heteroatoms. The van der Waals surface area contributed by atoms with Crippen molar-refractivity contribution in [3.05, 3.63) is 70.8 Å². The maximum absolute atomic E-state index is 12.5. The molecule has 27 heavy (non-hydrogen) atoms. The van der Waals surface area contributed by atoms with Gasteiger partial charge in [0.1, 0.15) is 0 Å². The zero-order valence-corrected chi connectivity index (χ0v) is 15.8. The third-order valence-corrected chi connectivity index (χ3v) is 5.17. The Bertz CT molecular complexity index is 820. The molecule has 2 amide bonds. The molecule has 3 rings (SSSR count). The van der Waals surface area contributed by atoms with Crippen molar-refractivity contribution in [2.75, 3.05) is 13.1 Å². The number of amides is 2. The van der Waals surface area contributed by atoms with Gasteiger partial charge in [-0.05, 0) is 49.1 Å². The molecule has 5 nitrogen and oxygen atoms in total. The van der Waals surface area contributed by atoms with E-state index in [1.54, 1.807) is 17.0 Å². The molecule has 2 aromatic rings. The summed E-state index contributed by atoms with van der Waals surface area (Å²) in [7, 11) is 0. The fourth-order valence-electron chi connectivity index (χ4n) is 3.40. The molecule has 142 valence electrons. The molecular formula is C22H26N2O3. The Hall–Kier alpha value is -2.66. The Balaban J connectivity index is 1.54. The molecule has 1 aliphatic rings. The molecule has 1 heterocycles. The van der Waals surface area contributed by atoms with Gasteiger partial charge in [-0.2, -0.15) is 0 Å². The van der Waals surface area contributed by atoms with Gasteiger partial charge in [0, 0.05) is 18.7 Å². The topological polar surface area (TPSA) is 69.6 Å². The van der Waals surface area contributed by atoms with Gasteiger partial charge in [0.15, 0.2) is 0 Å². The van der Waals surface area contributed by atoms with Gasteiger partial charge in [-0.1, -0.05) is 36.4 Å². The van der Waals surface area contributed by atoms with E-state index in [0.717, 1.165) is 11.1 Å². The monoisotopic (exact) mass is 366 g/mol. The van der Waals surface area contributed by atoms with Crippen LogP contribution in [0.1, 0.15) is 33.5 Å². The Kier molecular flexibility index (Phi) is 5.91. The molecule has 0 spiro atoms. The van der Waals surface area contributed by atoms with Crippen molar-refractivity contribution in [2.45, 2.75) is 38.8 Å². The number of β-amino-alcohol motifs (C(OH)–C–C–N with tert-alkyl or cyclic N) is 1. The number of aliphatic hydroxyl groups is 1. The number of benzene rings is 2. The van der Waals surface area contributed by atoms with Gasteiger partial charge >= 0.3 is 0 Å². The molecule has 1 fully saturated rings. The zero-order valence-electron chi connectivity index (χ0n) is 15.8. The minimum absolute atomic E-state index is 0.0884. The largest absolute Gasteiger partial charge is 0.389 e. The van der Waals surface area contributed by atoms with E-state index in [2.05, 4.69) is 5.32 Å². The Morgan fingerprint density at radius 1 is 1.11 bits per heavy atom. The van der Waals surface area contributed by atoms with Crippen LogP contribution in [0.15, 0.2) is 48.5 Å². The highest BCUT2D eigenvalue weighted by Gasteiger charge is 2.31. The van der Waals surface area contributed by atoms with E-state index in [4.69, 9.17) is 0 Å². The number of hydrogen-bond acceptors (Lipinski definition) is 3. The average Bonchev–Trinajstić information content (AvgIpc) is 2.66. The second-order valence-electron chi connectivity index (χ2n) is 7.24. The van der Waals surface area contributed by atoms with Crippen molar-refractivity contribution in [1.82, 2.24) is 10.2 Å². The van der Waals surface area contributed by atoms with Crippen molar-refractivity contribution in [1.29, 1.82) is 0 Å². The summed E-state index contributed by atoms with van der Waals surface area (Å²) in [6.07, 6.45) is 0.0604. The third kappa shape index (κ3) is 4.74. The van der Waals surface area contributed by atoms with Crippen LogP contribution in [-0.4, -0.2) is 47.1 Å². The first kappa shape index (κ1) is 19.1. The molecule has 0 unspecified atom stereocenters. The number of rotatable bonds is 4. The lowest BCUT2D eigenvalue weighted by atomic mass is 9.99. The van der Waals surface area contributed by atoms with Crippen LogP contribution in [0.2, 0.25) is 0 Å². The lowest BCUT2D eigenvalue weighted by Gasteiger charge is -2.36. The highest BCUT2D eigenvalue weighted by atomic mass is 16.3. The molecule has 0 aliphatic carbocycles. The highest BCUT2D eigenvalue weighted by molar-refractivity contribution is 5.94.